The van der Waals surface area contributed by atoms with Crippen LogP contribution in [-0.4, -0.2) is 35.1 Å². The number of hydrogen-bond acceptors (Lipinski definition) is 3. The van der Waals surface area contributed by atoms with Gasteiger partial charge in [-0.25, -0.2) is 0 Å². The summed E-state index contributed by atoms with van der Waals surface area (Å²) in [5.74, 6) is 0.973. The monoisotopic (exact) mass is 488 g/mol. The van der Waals surface area contributed by atoms with E-state index in [-0.39, 0.29) is 11.8 Å². The number of carbonyl (C=O) groups is 2. The van der Waals surface area contributed by atoms with E-state index in [2.05, 4.69) is 36.5 Å². The van der Waals surface area contributed by atoms with Crippen molar-refractivity contribution in [1.82, 2.24) is 10.2 Å². The molecule has 0 saturated heterocycles. The third-order valence-corrected chi connectivity index (χ3v) is 7.03. The van der Waals surface area contributed by atoms with Crippen molar-refractivity contribution in [3.63, 3.8) is 0 Å². The first-order valence-electron chi connectivity index (χ1n) is 12.3. The van der Waals surface area contributed by atoms with E-state index in [9.17, 15) is 9.59 Å². The predicted molar refractivity (Wildman–Crippen MR) is 146 cm³/mol. The molecule has 0 aliphatic carbocycles. The van der Waals surface area contributed by atoms with Crippen molar-refractivity contribution in [2.45, 2.75) is 52.0 Å². The lowest BCUT2D eigenvalue weighted by molar-refractivity contribution is -0.139. The first-order chi connectivity index (χ1) is 17.0. The Morgan fingerprint density at radius 2 is 1.57 bits per heavy atom. The van der Waals surface area contributed by atoms with Gasteiger partial charge in [0.2, 0.25) is 11.8 Å². The normalized spacial score (nSPS) is 11.6. The van der Waals surface area contributed by atoms with Crippen molar-refractivity contribution < 1.29 is 9.59 Å². The molecule has 0 unspecified atom stereocenters. The van der Waals surface area contributed by atoms with Crippen molar-refractivity contribution in [3.8, 4) is 0 Å². The quantitative estimate of drug-likeness (QED) is 0.356. The van der Waals surface area contributed by atoms with Gasteiger partial charge >= 0.3 is 0 Å². The molecule has 0 saturated carbocycles. The summed E-state index contributed by atoms with van der Waals surface area (Å²) in [5.41, 5.74) is 5.64. The molecule has 0 aliphatic rings. The van der Waals surface area contributed by atoms with Crippen LogP contribution in [0.25, 0.3) is 0 Å². The minimum absolute atomic E-state index is 0.0158. The number of benzene rings is 3. The van der Waals surface area contributed by atoms with Crippen LogP contribution in [0.4, 0.5) is 0 Å². The third kappa shape index (κ3) is 8.29. The molecule has 184 valence electrons. The van der Waals surface area contributed by atoms with Crippen molar-refractivity contribution in [3.05, 3.63) is 107 Å². The number of hydrogen-bond donors (Lipinski definition) is 1. The van der Waals surface area contributed by atoms with Gasteiger partial charge in [-0.1, -0.05) is 91.3 Å². The van der Waals surface area contributed by atoms with E-state index in [1.54, 1.807) is 16.7 Å². The number of nitrogens with zero attached hydrogens (tertiary/aromatic N) is 1. The van der Waals surface area contributed by atoms with Gasteiger partial charge in [0.25, 0.3) is 0 Å². The third-order valence-electron chi connectivity index (χ3n) is 6.04. The zero-order valence-electron chi connectivity index (χ0n) is 21.0. The Bertz CT molecular complexity index is 1080. The SMILES string of the molecule is CCCNC(=O)[C@H](Cc1ccccc1)N(Cc1ccccc1C)C(=O)CSCc1ccc(C)cc1. The van der Waals surface area contributed by atoms with Crippen molar-refractivity contribution in [1.29, 1.82) is 0 Å². The van der Waals surface area contributed by atoms with Crippen LogP contribution in [0.3, 0.4) is 0 Å². The molecule has 3 rings (SSSR count). The van der Waals surface area contributed by atoms with Crippen LogP contribution in [0.2, 0.25) is 0 Å². The minimum atomic E-state index is -0.573. The van der Waals surface area contributed by atoms with Crippen LogP contribution in [0.1, 0.15) is 41.2 Å². The van der Waals surface area contributed by atoms with Crippen molar-refractivity contribution in [2.75, 3.05) is 12.3 Å². The molecule has 1 atom stereocenters. The Labute approximate surface area is 214 Å². The highest BCUT2D eigenvalue weighted by atomic mass is 32.2. The summed E-state index contributed by atoms with van der Waals surface area (Å²) in [5, 5.41) is 3.04. The lowest BCUT2D eigenvalue weighted by atomic mass is 10.0. The van der Waals surface area contributed by atoms with E-state index in [0.29, 0.717) is 25.3 Å². The second-order valence-electron chi connectivity index (χ2n) is 8.92. The average Bonchev–Trinajstić information content (AvgIpc) is 2.87. The van der Waals surface area contributed by atoms with Gasteiger partial charge in [0.05, 0.1) is 5.75 Å². The molecule has 3 aromatic rings. The van der Waals surface area contributed by atoms with Gasteiger partial charge in [0.15, 0.2) is 0 Å². The van der Waals surface area contributed by atoms with Gasteiger partial charge in [-0.3, -0.25) is 9.59 Å². The molecule has 0 bridgehead atoms. The Morgan fingerprint density at radius 3 is 2.26 bits per heavy atom. The van der Waals surface area contributed by atoms with Gasteiger partial charge in [0, 0.05) is 25.3 Å². The largest absolute Gasteiger partial charge is 0.354 e. The van der Waals surface area contributed by atoms with Gasteiger partial charge in [-0.2, -0.15) is 0 Å². The molecule has 1 N–H and O–H groups in total. The zero-order chi connectivity index (χ0) is 25.0. The number of amides is 2. The maximum Gasteiger partial charge on any atom is 0.243 e. The molecule has 0 aliphatic heterocycles. The molecule has 0 heterocycles. The van der Waals surface area contributed by atoms with Gasteiger partial charge < -0.3 is 10.2 Å². The van der Waals surface area contributed by atoms with Gasteiger partial charge in [0.1, 0.15) is 6.04 Å². The minimum Gasteiger partial charge on any atom is -0.354 e. The molecule has 0 aromatic heterocycles. The number of rotatable bonds is 12. The van der Waals surface area contributed by atoms with Crippen molar-refractivity contribution in [2.24, 2.45) is 0 Å². The van der Waals surface area contributed by atoms with E-state index in [4.69, 9.17) is 0 Å². The number of aryl methyl sites for hydroxylation is 2. The standard InChI is InChI=1S/C30H36N2O2S/c1-4-18-31-30(34)28(19-25-11-6-5-7-12-25)32(20-27-13-9-8-10-24(27)3)29(33)22-35-21-26-16-14-23(2)15-17-26/h5-17,28H,4,18-22H2,1-3H3,(H,31,34)/t28-/m0/s1. The van der Waals surface area contributed by atoms with Crippen molar-refractivity contribution >= 4 is 23.6 Å². The molecule has 3 aromatic carbocycles. The molecule has 0 spiro atoms. The lowest BCUT2D eigenvalue weighted by Crippen LogP contribution is -2.51. The zero-order valence-corrected chi connectivity index (χ0v) is 21.8. The summed E-state index contributed by atoms with van der Waals surface area (Å²) in [7, 11) is 0. The summed E-state index contributed by atoms with van der Waals surface area (Å²) in [6, 6.07) is 25.8. The molecule has 2 amide bonds. The summed E-state index contributed by atoms with van der Waals surface area (Å²) in [6.07, 6.45) is 1.33. The van der Waals surface area contributed by atoms with E-state index in [0.717, 1.165) is 28.9 Å². The Hall–Kier alpha value is -3.05. The molecule has 35 heavy (non-hydrogen) atoms. The summed E-state index contributed by atoms with van der Waals surface area (Å²) in [4.78, 5) is 28.8. The number of carbonyl (C=O) groups excluding carboxylic acids is 2. The maximum absolute atomic E-state index is 13.6. The molecule has 4 nitrogen and oxygen atoms in total. The average molecular weight is 489 g/mol. The highest BCUT2D eigenvalue weighted by molar-refractivity contribution is 7.99. The van der Waals surface area contributed by atoms with Crippen LogP contribution in [0.5, 0.6) is 0 Å². The van der Waals surface area contributed by atoms with E-state index >= 15 is 0 Å². The van der Waals surface area contributed by atoms with Crippen LogP contribution < -0.4 is 5.32 Å². The highest BCUT2D eigenvalue weighted by Gasteiger charge is 2.30. The number of thioether (sulfide) groups is 1. The first kappa shape index (κ1) is 26.6. The van der Waals surface area contributed by atoms with Crippen LogP contribution >= 0.6 is 11.8 Å². The van der Waals surface area contributed by atoms with Crippen LogP contribution in [0.15, 0.2) is 78.9 Å². The Kier molecular flexibility index (Phi) is 10.4. The highest BCUT2D eigenvalue weighted by Crippen LogP contribution is 2.20. The fourth-order valence-electron chi connectivity index (χ4n) is 3.91. The van der Waals surface area contributed by atoms with E-state index in [1.807, 2.05) is 68.4 Å². The summed E-state index contributed by atoms with van der Waals surface area (Å²) >= 11 is 1.59. The molecular weight excluding hydrogens is 452 g/mol. The molecule has 5 heteroatoms. The van der Waals surface area contributed by atoms with Gasteiger partial charge in [-0.15, -0.1) is 11.8 Å². The second-order valence-corrected chi connectivity index (χ2v) is 9.91. The van der Waals surface area contributed by atoms with E-state index < -0.39 is 6.04 Å². The molecule has 0 fully saturated rings. The fraction of sp³-hybridized carbons (Fsp3) is 0.333. The lowest BCUT2D eigenvalue weighted by Gasteiger charge is -2.32. The van der Waals surface area contributed by atoms with Gasteiger partial charge in [-0.05, 0) is 42.5 Å². The molecular formula is C30H36N2O2S. The Balaban J connectivity index is 1.83. The molecule has 0 radical (unpaired) electrons. The van der Waals surface area contributed by atoms with E-state index in [1.165, 1.54) is 11.1 Å². The predicted octanol–water partition coefficient (Wildman–Crippen LogP) is 5.70. The summed E-state index contributed by atoms with van der Waals surface area (Å²) < 4.78 is 0. The number of nitrogens with one attached hydrogen (secondary N) is 1. The Morgan fingerprint density at radius 1 is 0.886 bits per heavy atom. The van der Waals surface area contributed by atoms with Crippen LogP contribution in [0, 0.1) is 13.8 Å². The van der Waals surface area contributed by atoms with Crippen LogP contribution in [-0.2, 0) is 28.3 Å². The second kappa shape index (κ2) is 13.7. The smallest absolute Gasteiger partial charge is 0.243 e. The maximum atomic E-state index is 13.6. The topological polar surface area (TPSA) is 49.4 Å². The fourth-order valence-corrected chi connectivity index (χ4v) is 4.79. The summed E-state index contributed by atoms with van der Waals surface area (Å²) in [6.45, 7) is 7.16. The first-order valence-corrected chi connectivity index (χ1v) is 13.4.